The zero-order valence-corrected chi connectivity index (χ0v) is 13.1. The quantitative estimate of drug-likeness (QED) is 0.862. The lowest BCUT2D eigenvalue weighted by atomic mass is 9.87. The van der Waals surface area contributed by atoms with Gasteiger partial charge in [0.1, 0.15) is 11.4 Å². The van der Waals surface area contributed by atoms with Gasteiger partial charge in [-0.25, -0.2) is 0 Å². The first kappa shape index (κ1) is 13.4. The van der Waals surface area contributed by atoms with Crippen LogP contribution in [0.15, 0.2) is 22.7 Å². The van der Waals surface area contributed by atoms with Crippen LogP contribution in [-0.4, -0.2) is 29.6 Å². The lowest BCUT2D eigenvalue weighted by Crippen LogP contribution is -2.46. The van der Waals surface area contributed by atoms with E-state index < -0.39 is 0 Å². The third-order valence-electron chi connectivity index (χ3n) is 4.37. The average Bonchev–Trinajstić information content (AvgIpc) is 2.74. The SMILES string of the molecule is CC(C)N1CCC2(C[C@H](N)c3cc(Br)ccc3O2)C1. The minimum Gasteiger partial charge on any atom is -0.485 e. The number of likely N-dealkylation sites (tertiary alicyclic amines) is 1. The summed E-state index contributed by atoms with van der Waals surface area (Å²) >= 11 is 3.50. The maximum atomic E-state index is 6.37. The Kier molecular flexibility index (Phi) is 3.36. The zero-order valence-electron chi connectivity index (χ0n) is 11.5. The van der Waals surface area contributed by atoms with E-state index in [2.05, 4.69) is 40.7 Å². The molecule has 1 aromatic carbocycles. The van der Waals surface area contributed by atoms with Crippen molar-refractivity contribution < 1.29 is 4.74 Å². The normalized spacial score (nSPS) is 30.7. The lowest BCUT2D eigenvalue weighted by molar-refractivity contribution is 0.0409. The van der Waals surface area contributed by atoms with Gasteiger partial charge in [0.25, 0.3) is 0 Å². The summed E-state index contributed by atoms with van der Waals surface area (Å²) < 4.78 is 7.41. The molecule has 1 spiro atoms. The Morgan fingerprint density at radius 1 is 1.47 bits per heavy atom. The third-order valence-corrected chi connectivity index (χ3v) is 4.86. The molecule has 2 N–H and O–H groups in total. The number of nitrogens with zero attached hydrogens (tertiary/aromatic N) is 1. The minimum absolute atomic E-state index is 0.0772. The molecular weight excluding hydrogens is 304 g/mol. The Balaban J connectivity index is 1.87. The number of fused-ring (bicyclic) bond motifs is 1. The van der Waals surface area contributed by atoms with Crippen molar-refractivity contribution in [2.45, 2.75) is 44.4 Å². The average molecular weight is 325 g/mol. The van der Waals surface area contributed by atoms with Gasteiger partial charge in [-0.05, 0) is 32.0 Å². The first-order valence-corrected chi connectivity index (χ1v) is 7.76. The van der Waals surface area contributed by atoms with Crippen molar-refractivity contribution in [3.63, 3.8) is 0 Å². The van der Waals surface area contributed by atoms with E-state index >= 15 is 0 Å². The van der Waals surface area contributed by atoms with E-state index in [9.17, 15) is 0 Å². The van der Waals surface area contributed by atoms with Crippen molar-refractivity contribution in [2.24, 2.45) is 5.73 Å². The molecule has 3 rings (SSSR count). The van der Waals surface area contributed by atoms with E-state index in [0.717, 1.165) is 41.7 Å². The monoisotopic (exact) mass is 324 g/mol. The molecule has 1 aromatic rings. The molecule has 2 aliphatic rings. The van der Waals surface area contributed by atoms with Gasteiger partial charge >= 0.3 is 0 Å². The van der Waals surface area contributed by atoms with Crippen LogP contribution in [0.2, 0.25) is 0 Å². The highest BCUT2D eigenvalue weighted by Crippen LogP contribution is 2.43. The van der Waals surface area contributed by atoms with Crippen LogP contribution in [0.1, 0.15) is 38.3 Å². The van der Waals surface area contributed by atoms with Gasteiger partial charge in [0.05, 0.1) is 0 Å². The zero-order chi connectivity index (χ0) is 13.6. The summed E-state index contributed by atoms with van der Waals surface area (Å²) in [6.07, 6.45) is 1.99. The molecule has 0 radical (unpaired) electrons. The van der Waals surface area contributed by atoms with Crippen molar-refractivity contribution in [3.8, 4) is 5.75 Å². The fourth-order valence-corrected chi connectivity index (χ4v) is 3.63. The molecule has 2 aliphatic heterocycles. The molecule has 1 saturated heterocycles. The van der Waals surface area contributed by atoms with Crippen LogP contribution in [0.4, 0.5) is 0 Å². The number of hydrogen-bond acceptors (Lipinski definition) is 3. The number of hydrogen-bond donors (Lipinski definition) is 1. The predicted octanol–water partition coefficient (Wildman–Crippen LogP) is 3.08. The summed E-state index contributed by atoms with van der Waals surface area (Å²) in [6.45, 7) is 6.59. The predicted molar refractivity (Wildman–Crippen MR) is 80.4 cm³/mol. The Morgan fingerprint density at radius 2 is 2.26 bits per heavy atom. The van der Waals surface area contributed by atoms with E-state index in [1.54, 1.807) is 0 Å². The maximum absolute atomic E-state index is 6.37. The van der Waals surface area contributed by atoms with Gasteiger partial charge in [-0.3, -0.25) is 4.90 Å². The van der Waals surface area contributed by atoms with E-state index in [1.807, 2.05) is 12.1 Å². The highest BCUT2D eigenvalue weighted by molar-refractivity contribution is 9.10. The summed E-state index contributed by atoms with van der Waals surface area (Å²) in [4.78, 5) is 2.48. The molecule has 4 heteroatoms. The number of nitrogens with two attached hydrogens (primary N) is 1. The van der Waals surface area contributed by atoms with Crippen LogP contribution in [-0.2, 0) is 0 Å². The Hall–Kier alpha value is -0.580. The van der Waals surface area contributed by atoms with Crippen molar-refractivity contribution in [1.82, 2.24) is 4.90 Å². The molecule has 0 saturated carbocycles. The molecule has 0 aromatic heterocycles. The van der Waals surface area contributed by atoms with E-state index in [4.69, 9.17) is 10.5 Å². The summed E-state index contributed by atoms with van der Waals surface area (Å²) in [5.74, 6) is 0.965. The van der Waals surface area contributed by atoms with Gasteiger partial charge in [0.2, 0.25) is 0 Å². The topological polar surface area (TPSA) is 38.5 Å². The molecule has 104 valence electrons. The standard InChI is InChI=1S/C15H21BrN2O/c1-10(2)18-6-5-15(9-18)8-13(17)12-7-11(16)3-4-14(12)19-15/h3-4,7,10,13H,5-6,8-9,17H2,1-2H3/t13-,15?/m0/s1. The van der Waals surface area contributed by atoms with Crippen LogP contribution in [0.25, 0.3) is 0 Å². The summed E-state index contributed by atoms with van der Waals surface area (Å²) in [7, 11) is 0. The first-order valence-electron chi connectivity index (χ1n) is 6.97. The number of rotatable bonds is 1. The van der Waals surface area contributed by atoms with Crippen LogP contribution < -0.4 is 10.5 Å². The molecule has 0 bridgehead atoms. The third kappa shape index (κ3) is 2.41. The van der Waals surface area contributed by atoms with Gasteiger partial charge in [-0.2, -0.15) is 0 Å². The van der Waals surface area contributed by atoms with Crippen LogP contribution in [0.5, 0.6) is 5.75 Å². The molecule has 1 unspecified atom stereocenters. The molecule has 19 heavy (non-hydrogen) atoms. The number of benzene rings is 1. The Bertz CT molecular complexity index is 491. The van der Waals surface area contributed by atoms with Crippen molar-refractivity contribution in [1.29, 1.82) is 0 Å². The van der Waals surface area contributed by atoms with Crippen LogP contribution in [0, 0.1) is 0 Å². The molecule has 1 fully saturated rings. The second-order valence-electron chi connectivity index (χ2n) is 6.09. The lowest BCUT2D eigenvalue weighted by Gasteiger charge is -2.39. The van der Waals surface area contributed by atoms with E-state index in [0.29, 0.717) is 6.04 Å². The maximum Gasteiger partial charge on any atom is 0.125 e. The van der Waals surface area contributed by atoms with Crippen LogP contribution in [0.3, 0.4) is 0 Å². The fraction of sp³-hybridized carbons (Fsp3) is 0.600. The summed E-state index contributed by atoms with van der Waals surface area (Å²) in [6, 6.07) is 6.80. The van der Waals surface area contributed by atoms with Gasteiger partial charge in [-0.15, -0.1) is 0 Å². The van der Waals surface area contributed by atoms with Gasteiger partial charge < -0.3 is 10.5 Å². The van der Waals surface area contributed by atoms with Crippen molar-refractivity contribution in [2.75, 3.05) is 13.1 Å². The molecule has 0 amide bonds. The molecule has 3 nitrogen and oxygen atoms in total. The number of ether oxygens (including phenoxy) is 1. The fourth-order valence-electron chi connectivity index (χ4n) is 3.25. The second-order valence-corrected chi connectivity index (χ2v) is 7.01. The van der Waals surface area contributed by atoms with Crippen molar-refractivity contribution in [3.05, 3.63) is 28.2 Å². The smallest absolute Gasteiger partial charge is 0.125 e. The number of halogens is 1. The van der Waals surface area contributed by atoms with E-state index in [1.165, 1.54) is 0 Å². The highest BCUT2D eigenvalue weighted by Gasteiger charge is 2.45. The molecule has 2 atom stereocenters. The molecule has 2 heterocycles. The van der Waals surface area contributed by atoms with Gasteiger partial charge in [-0.1, -0.05) is 15.9 Å². The van der Waals surface area contributed by atoms with Gasteiger partial charge in [0.15, 0.2) is 0 Å². The largest absolute Gasteiger partial charge is 0.485 e. The van der Waals surface area contributed by atoms with Gasteiger partial charge in [0, 0.05) is 48.1 Å². The Labute approximate surface area is 123 Å². The second kappa shape index (κ2) is 4.76. The molecular formula is C15H21BrN2O. The summed E-state index contributed by atoms with van der Waals surface area (Å²) in [5.41, 5.74) is 7.42. The highest BCUT2D eigenvalue weighted by atomic mass is 79.9. The minimum atomic E-state index is -0.0789. The van der Waals surface area contributed by atoms with E-state index in [-0.39, 0.29) is 11.6 Å². The molecule has 0 aliphatic carbocycles. The summed E-state index contributed by atoms with van der Waals surface area (Å²) in [5, 5.41) is 0. The van der Waals surface area contributed by atoms with Crippen LogP contribution >= 0.6 is 15.9 Å². The van der Waals surface area contributed by atoms with Crippen molar-refractivity contribution >= 4 is 15.9 Å². The first-order chi connectivity index (χ1) is 8.99. The Morgan fingerprint density at radius 3 is 2.95 bits per heavy atom.